The maximum Gasteiger partial charge on any atom is 0.192 e. The number of hydrogen-bond donors (Lipinski definition) is 0. The van der Waals surface area contributed by atoms with E-state index in [0.29, 0.717) is 17.2 Å². The molecule has 1 aliphatic carbocycles. The van der Waals surface area contributed by atoms with E-state index in [4.69, 9.17) is 4.43 Å². The molecule has 0 bridgehead atoms. The molecule has 0 radical (unpaired) electrons. The molecule has 2 atom stereocenters. The molecule has 0 aromatic carbocycles. The lowest BCUT2D eigenvalue weighted by Crippen LogP contribution is -2.48. The van der Waals surface area contributed by atoms with Gasteiger partial charge in [-0.15, -0.1) is 0 Å². The molecule has 0 aliphatic heterocycles. The van der Waals surface area contributed by atoms with Crippen molar-refractivity contribution in [3.63, 3.8) is 0 Å². The SMILES string of the molecule is CN(C)[C@@H]1CCC[C@@H]1O[Si](C)(C)C(C)(C)C. The van der Waals surface area contributed by atoms with E-state index in [2.05, 4.69) is 52.9 Å². The van der Waals surface area contributed by atoms with Crippen LogP contribution in [0.1, 0.15) is 40.0 Å². The van der Waals surface area contributed by atoms with E-state index >= 15 is 0 Å². The van der Waals surface area contributed by atoms with Gasteiger partial charge >= 0.3 is 0 Å². The molecule has 3 heteroatoms. The van der Waals surface area contributed by atoms with Crippen LogP contribution in [-0.4, -0.2) is 39.5 Å². The Morgan fingerprint density at radius 1 is 1.12 bits per heavy atom. The lowest BCUT2D eigenvalue weighted by molar-refractivity contribution is 0.108. The Morgan fingerprint density at radius 3 is 2.12 bits per heavy atom. The molecule has 0 unspecified atom stereocenters. The quantitative estimate of drug-likeness (QED) is 0.704. The van der Waals surface area contributed by atoms with Gasteiger partial charge in [0.25, 0.3) is 0 Å². The van der Waals surface area contributed by atoms with E-state index in [-0.39, 0.29) is 0 Å². The Kier molecular flexibility index (Phi) is 4.25. The molecule has 1 saturated carbocycles. The molecule has 16 heavy (non-hydrogen) atoms. The standard InChI is InChI=1S/C13H29NOSi/c1-13(2,3)16(6,7)15-12-10-8-9-11(12)14(4)5/h11-12H,8-10H2,1-7H3/t11-,12+/m1/s1. The van der Waals surface area contributed by atoms with Gasteiger partial charge in [-0.05, 0) is 51.5 Å². The van der Waals surface area contributed by atoms with Crippen molar-refractivity contribution in [2.75, 3.05) is 14.1 Å². The Morgan fingerprint density at radius 2 is 1.69 bits per heavy atom. The predicted octanol–water partition coefficient (Wildman–Crippen LogP) is 3.49. The van der Waals surface area contributed by atoms with Crippen molar-refractivity contribution in [3.05, 3.63) is 0 Å². The van der Waals surface area contributed by atoms with Crippen molar-refractivity contribution in [3.8, 4) is 0 Å². The van der Waals surface area contributed by atoms with Gasteiger partial charge < -0.3 is 9.33 Å². The zero-order chi connectivity index (χ0) is 12.6. The highest BCUT2D eigenvalue weighted by atomic mass is 28.4. The van der Waals surface area contributed by atoms with Gasteiger partial charge in [0.15, 0.2) is 8.32 Å². The van der Waals surface area contributed by atoms with Gasteiger partial charge in [0.1, 0.15) is 0 Å². The van der Waals surface area contributed by atoms with Crippen molar-refractivity contribution in [2.45, 2.75) is 70.3 Å². The Bertz CT molecular complexity index is 233. The van der Waals surface area contributed by atoms with E-state index in [9.17, 15) is 0 Å². The van der Waals surface area contributed by atoms with Gasteiger partial charge in [0.05, 0.1) is 6.10 Å². The highest BCUT2D eigenvalue weighted by molar-refractivity contribution is 6.74. The number of nitrogens with zero attached hydrogens (tertiary/aromatic N) is 1. The summed E-state index contributed by atoms with van der Waals surface area (Å²) in [6.07, 6.45) is 4.33. The normalized spacial score (nSPS) is 27.8. The lowest BCUT2D eigenvalue weighted by atomic mass is 10.2. The molecule has 1 aliphatic rings. The summed E-state index contributed by atoms with van der Waals surface area (Å²) in [6, 6.07) is 0.633. The molecule has 0 N–H and O–H groups in total. The third kappa shape index (κ3) is 3.08. The molecule has 0 amide bonds. The van der Waals surface area contributed by atoms with Crippen LogP contribution in [0.15, 0.2) is 0 Å². The monoisotopic (exact) mass is 243 g/mol. The second-order valence-corrected chi connectivity index (χ2v) is 11.6. The van der Waals surface area contributed by atoms with Crippen molar-refractivity contribution in [1.29, 1.82) is 0 Å². The maximum atomic E-state index is 6.53. The van der Waals surface area contributed by atoms with Gasteiger partial charge in [0, 0.05) is 6.04 Å². The minimum absolute atomic E-state index is 0.326. The summed E-state index contributed by atoms with van der Waals surface area (Å²) in [5, 5.41) is 0.326. The minimum Gasteiger partial charge on any atom is -0.412 e. The van der Waals surface area contributed by atoms with Crippen molar-refractivity contribution in [1.82, 2.24) is 4.90 Å². The van der Waals surface area contributed by atoms with E-state index < -0.39 is 8.32 Å². The molecule has 0 saturated heterocycles. The number of rotatable bonds is 3. The van der Waals surface area contributed by atoms with Crippen LogP contribution >= 0.6 is 0 Å². The summed E-state index contributed by atoms with van der Waals surface area (Å²) in [4.78, 5) is 2.34. The second kappa shape index (κ2) is 4.79. The van der Waals surface area contributed by atoms with Crippen molar-refractivity contribution in [2.24, 2.45) is 0 Å². The third-order valence-electron chi connectivity index (χ3n) is 4.33. The van der Waals surface area contributed by atoms with Crippen molar-refractivity contribution >= 4 is 8.32 Å². The van der Waals surface area contributed by atoms with Gasteiger partial charge in [-0.1, -0.05) is 20.8 Å². The topological polar surface area (TPSA) is 12.5 Å². The molecule has 0 aromatic heterocycles. The zero-order valence-electron chi connectivity index (χ0n) is 12.1. The second-order valence-electron chi connectivity index (χ2n) is 6.88. The van der Waals surface area contributed by atoms with E-state index in [1.165, 1.54) is 19.3 Å². The molecule has 1 rings (SSSR count). The fraction of sp³-hybridized carbons (Fsp3) is 1.00. The maximum absolute atomic E-state index is 6.53. The first-order chi connectivity index (χ1) is 7.15. The van der Waals surface area contributed by atoms with Crippen molar-refractivity contribution < 1.29 is 4.43 Å². The molecule has 2 nitrogen and oxygen atoms in total. The molecule has 0 aromatic rings. The van der Waals surface area contributed by atoms with Gasteiger partial charge in [-0.3, -0.25) is 0 Å². The van der Waals surface area contributed by atoms with Crippen LogP contribution in [-0.2, 0) is 4.43 Å². The summed E-state index contributed by atoms with van der Waals surface area (Å²) in [5.41, 5.74) is 0. The van der Waals surface area contributed by atoms with Crippen LogP contribution in [0.3, 0.4) is 0 Å². The van der Waals surface area contributed by atoms with Crippen LogP contribution in [0, 0.1) is 0 Å². The van der Waals surface area contributed by atoms with Crippen LogP contribution in [0.2, 0.25) is 18.1 Å². The van der Waals surface area contributed by atoms with Crippen LogP contribution < -0.4 is 0 Å². The van der Waals surface area contributed by atoms with Gasteiger partial charge in [-0.2, -0.15) is 0 Å². The Hall–Kier alpha value is 0.137. The summed E-state index contributed by atoms with van der Waals surface area (Å²) >= 11 is 0. The average molecular weight is 243 g/mol. The average Bonchev–Trinajstić information content (AvgIpc) is 2.49. The largest absolute Gasteiger partial charge is 0.412 e. The summed E-state index contributed by atoms with van der Waals surface area (Å²) < 4.78 is 6.53. The highest BCUT2D eigenvalue weighted by Gasteiger charge is 2.42. The molecule has 1 fully saturated rings. The fourth-order valence-electron chi connectivity index (χ4n) is 2.19. The van der Waals surface area contributed by atoms with E-state index in [0.717, 1.165) is 0 Å². The van der Waals surface area contributed by atoms with E-state index in [1.807, 2.05) is 0 Å². The van der Waals surface area contributed by atoms with Crippen LogP contribution in [0.25, 0.3) is 0 Å². The third-order valence-corrected chi connectivity index (χ3v) is 8.84. The van der Waals surface area contributed by atoms with E-state index in [1.54, 1.807) is 0 Å². The predicted molar refractivity (Wildman–Crippen MR) is 73.4 cm³/mol. The zero-order valence-corrected chi connectivity index (χ0v) is 13.1. The minimum atomic E-state index is -1.58. The number of hydrogen-bond acceptors (Lipinski definition) is 2. The molecule has 0 spiro atoms. The summed E-state index contributed by atoms with van der Waals surface area (Å²) in [6.45, 7) is 11.7. The first-order valence-electron chi connectivity index (χ1n) is 6.49. The Balaban J connectivity index is 2.66. The lowest BCUT2D eigenvalue weighted by Gasteiger charge is -2.40. The van der Waals surface area contributed by atoms with Crippen LogP contribution in [0.5, 0.6) is 0 Å². The first kappa shape index (κ1) is 14.2. The molecular formula is C13H29NOSi. The summed E-state index contributed by atoms with van der Waals surface area (Å²) in [7, 11) is 2.77. The van der Waals surface area contributed by atoms with Gasteiger partial charge in [-0.25, -0.2) is 0 Å². The molecule has 96 valence electrons. The number of likely N-dealkylation sites (N-methyl/N-ethyl adjacent to an activating group) is 1. The molecular weight excluding hydrogens is 214 g/mol. The molecule has 0 heterocycles. The summed E-state index contributed by atoms with van der Waals surface area (Å²) in [5.74, 6) is 0. The highest BCUT2D eigenvalue weighted by Crippen LogP contribution is 2.39. The van der Waals surface area contributed by atoms with Crippen LogP contribution in [0.4, 0.5) is 0 Å². The smallest absolute Gasteiger partial charge is 0.192 e. The Labute approximate surface area is 102 Å². The van der Waals surface area contributed by atoms with Gasteiger partial charge in [0.2, 0.25) is 0 Å². The first-order valence-corrected chi connectivity index (χ1v) is 9.40. The fourth-order valence-corrected chi connectivity index (χ4v) is 3.58.